The van der Waals surface area contributed by atoms with Crippen LogP contribution >= 0.6 is 0 Å². The summed E-state index contributed by atoms with van der Waals surface area (Å²) in [6.07, 6.45) is -3.29. The molecule has 2 N–H and O–H groups in total. The maximum absolute atomic E-state index is 13.5. The number of hydrogen-bond donors (Lipinski definition) is 2. The van der Waals surface area contributed by atoms with Gasteiger partial charge >= 0.3 is 18.1 Å². The van der Waals surface area contributed by atoms with Crippen LogP contribution in [0.4, 0.5) is 13.2 Å². The molecule has 0 bridgehead atoms. The molecule has 1 amide bonds. The zero-order chi connectivity index (χ0) is 27.9. The topological polar surface area (TPSA) is 131 Å². The molecule has 2 aromatic carbocycles. The van der Waals surface area contributed by atoms with Gasteiger partial charge in [0.2, 0.25) is 5.82 Å². The smallest absolute Gasteiger partial charge is 0.449 e. The van der Waals surface area contributed by atoms with Crippen LogP contribution in [0.1, 0.15) is 18.7 Å². The number of carboxylic acids is 2. The lowest BCUT2D eigenvalue weighted by molar-refractivity contribution is -0.159. The zero-order valence-corrected chi connectivity index (χ0v) is 20.3. The first kappa shape index (κ1) is 28.3. The second-order valence-corrected chi connectivity index (χ2v) is 8.41. The number of aromatic nitrogens is 2. The average molecular weight is 537 g/mol. The van der Waals surface area contributed by atoms with Crippen LogP contribution in [-0.2, 0) is 27.1 Å². The van der Waals surface area contributed by atoms with E-state index in [0.29, 0.717) is 48.5 Å². The largest absolute Gasteiger partial charge is 0.493 e. The molecule has 0 spiro atoms. The van der Waals surface area contributed by atoms with Crippen molar-refractivity contribution >= 4 is 28.9 Å². The Morgan fingerprint density at radius 3 is 2.13 bits per heavy atom. The minimum atomic E-state index is -4.52. The number of methoxy groups -OCH3 is 1. The van der Waals surface area contributed by atoms with Crippen LogP contribution < -0.4 is 9.47 Å². The molecule has 0 aliphatic carbocycles. The van der Waals surface area contributed by atoms with Crippen LogP contribution in [0.15, 0.2) is 48.5 Å². The number of rotatable bonds is 6. The Morgan fingerprint density at radius 1 is 0.974 bits per heavy atom. The summed E-state index contributed by atoms with van der Waals surface area (Å²) in [7, 11) is 1.53. The number of nitrogens with zero attached hydrogens (tertiary/aromatic N) is 3. The van der Waals surface area contributed by atoms with Crippen LogP contribution in [0.2, 0.25) is 0 Å². The quantitative estimate of drug-likeness (QED) is 0.457. The molecule has 38 heavy (non-hydrogen) atoms. The summed E-state index contributed by atoms with van der Waals surface area (Å²) in [6.45, 7) is 1.06. The summed E-state index contributed by atoms with van der Waals surface area (Å²) in [5.74, 6) is -3.62. The van der Waals surface area contributed by atoms with Gasteiger partial charge in [-0.2, -0.15) is 13.2 Å². The normalized spacial score (nSPS) is 13.9. The number of alkyl halides is 3. The summed E-state index contributed by atoms with van der Waals surface area (Å²) >= 11 is 0. The number of benzene rings is 2. The minimum absolute atomic E-state index is 0.0212. The number of ether oxygens (including phenoxy) is 2. The molecule has 10 nitrogen and oxygen atoms in total. The average Bonchev–Trinajstić information content (AvgIpc) is 3.27. The maximum Gasteiger partial charge on any atom is 0.449 e. The lowest BCUT2D eigenvalue weighted by Gasteiger charge is -2.32. The molecule has 2 heterocycles. The Labute approximate surface area is 215 Å². The fourth-order valence-corrected chi connectivity index (χ4v) is 4.07. The summed E-state index contributed by atoms with van der Waals surface area (Å²) in [6, 6.07) is 13.7. The number of carboxylic acid groups (broad SMARTS) is 2. The van der Waals surface area contributed by atoms with Gasteiger partial charge in [-0.05, 0) is 43.0 Å². The monoisotopic (exact) mass is 537 g/mol. The Bertz CT molecular complexity index is 1270. The van der Waals surface area contributed by atoms with Gasteiger partial charge in [0.1, 0.15) is 0 Å². The van der Waals surface area contributed by atoms with Gasteiger partial charge in [-0.25, -0.2) is 14.6 Å². The van der Waals surface area contributed by atoms with E-state index in [1.54, 1.807) is 47.4 Å². The van der Waals surface area contributed by atoms with E-state index < -0.39 is 23.9 Å². The van der Waals surface area contributed by atoms with Crippen molar-refractivity contribution in [1.82, 2.24) is 14.5 Å². The van der Waals surface area contributed by atoms with Gasteiger partial charge in [-0.3, -0.25) is 4.79 Å². The van der Waals surface area contributed by atoms with Crippen LogP contribution in [-0.4, -0.2) is 69.3 Å². The van der Waals surface area contributed by atoms with E-state index in [-0.39, 0.29) is 25.0 Å². The fraction of sp³-hybridized carbons (Fsp3) is 0.360. The second-order valence-electron chi connectivity index (χ2n) is 8.41. The summed E-state index contributed by atoms with van der Waals surface area (Å²) in [4.78, 5) is 36.3. The highest BCUT2D eigenvalue weighted by molar-refractivity contribution is 6.27. The van der Waals surface area contributed by atoms with Crippen molar-refractivity contribution in [3.8, 4) is 11.5 Å². The number of para-hydroxylation sites is 4. The number of imidazole rings is 1. The van der Waals surface area contributed by atoms with Crippen molar-refractivity contribution in [3.05, 3.63) is 54.4 Å². The van der Waals surface area contributed by atoms with Gasteiger partial charge in [0.15, 0.2) is 18.1 Å². The molecular weight excluding hydrogens is 511 g/mol. The first-order chi connectivity index (χ1) is 18.0. The number of carbonyl (C=O) groups is 3. The number of amides is 1. The number of piperidine rings is 1. The second kappa shape index (κ2) is 12.3. The lowest BCUT2D eigenvalue weighted by Crippen LogP contribution is -2.41. The van der Waals surface area contributed by atoms with Gasteiger partial charge in [-0.15, -0.1) is 0 Å². The van der Waals surface area contributed by atoms with E-state index in [2.05, 4.69) is 4.98 Å². The van der Waals surface area contributed by atoms with Gasteiger partial charge in [-0.1, -0.05) is 24.3 Å². The number of aliphatic carboxylic acids is 2. The molecule has 0 saturated carbocycles. The molecule has 1 aromatic heterocycles. The van der Waals surface area contributed by atoms with E-state index >= 15 is 0 Å². The first-order valence-corrected chi connectivity index (χ1v) is 11.5. The highest BCUT2D eigenvalue weighted by Crippen LogP contribution is 2.33. The van der Waals surface area contributed by atoms with Gasteiger partial charge in [0, 0.05) is 19.6 Å². The molecular formula is C25H26F3N3O7. The van der Waals surface area contributed by atoms with Crippen LogP contribution in [0.3, 0.4) is 0 Å². The SMILES string of the molecule is COc1ccccc1OCC(=O)N1CCC(Cn2c(C(F)(F)F)nc3ccccc32)CC1.O=C(O)C(=O)O. The number of halogens is 3. The predicted octanol–water partition coefficient (Wildman–Crippen LogP) is 3.54. The highest BCUT2D eigenvalue weighted by atomic mass is 19.4. The van der Waals surface area contributed by atoms with Crippen molar-refractivity contribution in [2.24, 2.45) is 5.92 Å². The van der Waals surface area contributed by atoms with Gasteiger partial charge in [0.25, 0.3) is 5.91 Å². The lowest BCUT2D eigenvalue weighted by atomic mass is 9.96. The van der Waals surface area contributed by atoms with Gasteiger partial charge < -0.3 is 29.2 Å². The number of hydrogen-bond acceptors (Lipinski definition) is 6. The summed E-state index contributed by atoms with van der Waals surface area (Å²) < 4.78 is 52.7. The van der Waals surface area contributed by atoms with E-state index in [1.807, 2.05) is 6.07 Å². The van der Waals surface area contributed by atoms with Gasteiger partial charge in [0.05, 0.1) is 18.1 Å². The molecule has 0 atom stereocenters. The third kappa shape index (κ3) is 7.14. The first-order valence-electron chi connectivity index (χ1n) is 11.5. The van der Waals surface area contributed by atoms with Crippen molar-refractivity contribution in [1.29, 1.82) is 0 Å². The van der Waals surface area contributed by atoms with E-state index in [0.717, 1.165) is 0 Å². The molecule has 1 aliphatic rings. The molecule has 0 unspecified atom stereocenters. The van der Waals surface area contributed by atoms with Crippen molar-refractivity contribution < 1.29 is 47.2 Å². The Kier molecular flexibility index (Phi) is 9.16. The van der Waals surface area contributed by atoms with E-state index in [9.17, 15) is 18.0 Å². The van der Waals surface area contributed by atoms with Crippen LogP contribution in [0.5, 0.6) is 11.5 Å². The molecule has 3 aromatic rings. The Morgan fingerprint density at radius 2 is 1.55 bits per heavy atom. The van der Waals surface area contributed by atoms with E-state index in [4.69, 9.17) is 29.3 Å². The third-order valence-electron chi connectivity index (χ3n) is 5.92. The predicted molar refractivity (Wildman–Crippen MR) is 128 cm³/mol. The van der Waals surface area contributed by atoms with Crippen molar-refractivity contribution in [2.75, 3.05) is 26.8 Å². The standard InChI is InChI=1S/C23H24F3N3O3.C2H2O4/c1-31-19-8-4-5-9-20(19)32-15-21(30)28-12-10-16(11-13-28)14-29-18-7-3-2-6-17(18)27-22(29)23(24,25)26;3-1(4)2(5)6/h2-9,16H,10-15H2,1H3;(H,3,4)(H,5,6). The molecule has 1 fully saturated rings. The number of likely N-dealkylation sites (tertiary alicyclic amines) is 1. The summed E-state index contributed by atoms with van der Waals surface area (Å²) in [5, 5.41) is 14.8. The number of fused-ring (bicyclic) bond motifs is 1. The third-order valence-corrected chi connectivity index (χ3v) is 5.92. The highest BCUT2D eigenvalue weighted by Gasteiger charge is 2.38. The molecule has 0 radical (unpaired) electrons. The molecule has 204 valence electrons. The maximum atomic E-state index is 13.5. The van der Waals surface area contributed by atoms with Crippen molar-refractivity contribution in [2.45, 2.75) is 25.6 Å². The van der Waals surface area contributed by atoms with E-state index in [1.165, 1.54) is 11.7 Å². The van der Waals surface area contributed by atoms with Crippen molar-refractivity contribution in [3.63, 3.8) is 0 Å². The minimum Gasteiger partial charge on any atom is -0.493 e. The van der Waals surface area contributed by atoms with Crippen LogP contribution in [0.25, 0.3) is 11.0 Å². The fourth-order valence-electron chi connectivity index (χ4n) is 4.07. The molecule has 13 heteroatoms. The summed E-state index contributed by atoms with van der Waals surface area (Å²) in [5.41, 5.74) is 0.810. The Hall–Kier alpha value is -4.29. The number of carbonyl (C=O) groups excluding carboxylic acids is 1. The Balaban J connectivity index is 0.000000599. The van der Waals surface area contributed by atoms with Crippen LogP contribution in [0, 0.1) is 5.92 Å². The molecule has 1 aliphatic heterocycles. The molecule has 1 saturated heterocycles. The zero-order valence-electron chi connectivity index (χ0n) is 20.3. The molecule has 4 rings (SSSR count).